The summed E-state index contributed by atoms with van der Waals surface area (Å²) in [6, 6.07) is 0.689. The molecule has 1 rings (SSSR count). The monoisotopic (exact) mass is 226 g/mol. The van der Waals surface area contributed by atoms with Crippen LogP contribution < -0.4 is 5.32 Å². The number of nitrogens with zero attached hydrogens (tertiary/aromatic N) is 1. The van der Waals surface area contributed by atoms with Gasteiger partial charge in [0.05, 0.1) is 0 Å². The number of rotatable bonds is 6. The minimum atomic E-state index is 0.548. The highest BCUT2D eigenvalue weighted by molar-refractivity contribution is 4.90. The molecule has 1 saturated heterocycles. The maximum absolute atomic E-state index is 3.54. The van der Waals surface area contributed by atoms with Crippen molar-refractivity contribution in [2.24, 2.45) is 11.3 Å². The normalized spacial score (nSPS) is 27.9. The van der Waals surface area contributed by atoms with Crippen LogP contribution in [0.4, 0.5) is 0 Å². The Labute approximate surface area is 102 Å². The predicted molar refractivity (Wildman–Crippen MR) is 71.8 cm³/mol. The Morgan fingerprint density at radius 3 is 2.44 bits per heavy atom. The van der Waals surface area contributed by atoms with Gasteiger partial charge in [-0.25, -0.2) is 0 Å². The van der Waals surface area contributed by atoms with E-state index < -0.39 is 0 Å². The standard InChI is InChI=1S/C14H30N2/c1-6-7-14(8-9-15-10-14)11-16(5)13(4)12(2)3/h12-13,15H,6-11H2,1-5H3. The first-order valence-electron chi connectivity index (χ1n) is 6.92. The Kier molecular flexibility index (Phi) is 5.26. The Morgan fingerprint density at radius 2 is 2.00 bits per heavy atom. The summed E-state index contributed by atoms with van der Waals surface area (Å²) in [7, 11) is 2.29. The average Bonchev–Trinajstić information content (AvgIpc) is 2.65. The third kappa shape index (κ3) is 3.46. The molecule has 0 aromatic rings. The molecule has 1 N–H and O–H groups in total. The fourth-order valence-corrected chi connectivity index (χ4v) is 2.94. The van der Waals surface area contributed by atoms with Gasteiger partial charge in [-0.2, -0.15) is 0 Å². The summed E-state index contributed by atoms with van der Waals surface area (Å²) >= 11 is 0. The molecule has 1 fully saturated rings. The molecule has 0 aromatic heterocycles. The van der Waals surface area contributed by atoms with Gasteiger partial charge in [0.1, 0.15) is 0 Å². The highest BCUT2D eigenvalue weighted by Crippen LogP contribution is 2.32. The quantitative estimate of drug-likeness (QED) is 0.749. The molecular weight excluding hydrogens is 196 g/mol. The van der Waals surface area contributed by atoms with Crippen LogP contribution in [-0.2, 0) is 0 Å². The first-order chi connectivity index (χ1) is 7.51. The van der Waals surface area contributed by atoms with Crippen LogP contribution in [0, 0.1) is 11.3 Å². The molecule has 0 amide bonds. The zero-order valence-electron chi connectivity index (χ0n) is 11.8. The first-order valence-corrected chi connectivity index (χ1v) is 6.92. The van der Waals surface area contributed by atoms with E-state index in [1.165, 1.54) is 38.9 Å². The molecule has 1 aliphatic heterocycles. The van der Waals surface area contributed by atoms with Crippen LogP contribution in [0.1, 0.15) is 47.0 Å². The van der Waals surface area contributed by atoms with Crippen molar-refractivity contribution in [2.75, 3.05) is 26.7 Å². The highest BCUT2D eigenvalue weighted by atomic mass is 15.1. The first kappa shape index (κ1) is 14.0. The molecule has 0 saturated carbocycles. The number of hydrogen-bond donors (Lipinski definition) is 1. The molecule has 2 atom stereocenters. The van der Waals surface area contributed by atoms with Crippen molar-refractivity contribution < 1.29 is 0 Å². The van der Waals surface area contributed by atoms with E-state index in [2.05, 4.69) is 45.0 Å². The maximum Gasteiger partial charge on any atom is 0.00871 e. The zero-order chi connectivity index (χ0) is 12.2. The smallest absolute Gasteiger partial charge is 0.00871 e. The predicted octanol–water partition coefficient (Wildman–Crippen LogP) is 2.74. The van der Waals surface area contributed by atoms with Crippen molar-refractivity contribution in [1.29, 1.82) is 0 Å². The molecule has 0 aromatic carbocycles. The summed E-state index contributed by atoms with van der Waals surface area (Å²) in [5.41, 5.74) is 0.548. The maximum atomic E-state index is 3.54. The lowest BCUT2D eigenvalue weighted by Crippen LogP contribution is -2.43. The summed E-state index contributed by atoms with van der Waals surface area (Å²) in [6.07, 6.45) is 4.04. The fourth-order valence-electron chi connectivity index (χ4n) is 2.94. The van der Waals surface area contributed by atoms with Crippen molar-refractivity contribution in [3.63, 3.8) is 0 Å². The third-order valence-electron chi connectivity index (χ3n) is 4.36. The van der Waals surface area contributed by atoms with Crippen LogP contribution in [0.15, 0.2) is 0 Å². The summed E-state index contributed by atoms with van der Waals surface area (Å²) in [4.78, 5) is 2.56. The van der Waals surface area contributed by atoms with Gasteiger partial charge in [-0.05, 0) is 44.7 Å². The van der Waals surface area contributed by atoms with Gasteiger partial charge >= 0.3 is 0 Å². The molecule has 96 valence electrons. The van der Waals surface area contributed by atoms with E-state index in [-0.39, 0.29) is 0 Å². The lowest BCUT2D eigenvalue weighted by molar-refractivity contribution is 0.123. The van der Waals surface area contributed by atoms with Gasteiger partial charge < -0.3 is 10.2 Å². The van der Waals surface area contributed by atoms with Crippen molar-refractivity contribution in [3.05, 3.63) is 0 Å². The summed E-state index contributed by atoms with van der Waals surface area (Å²) in [5.74, 6) is 0.748. The van der Waals surface area contributed by atoms with Crippen LogP contribution in [-0.4, -0.2) is 37.6 Å². The Hall–Kier alpha value is -0.0800. The molecule has 0 bridgehead atoms. The van der Waals surface area contributed by atoms with Crippen LogP contribution in [0.25, 0.3) is 0 Å². The summed E-state index contributed by atoms with van der Waals surface area (Å²) in [5, 5.41) is 3.54. The van der Waals surface area contributed by atoms with Crippen molar-refractivity contribution in [3.8, 4) is 0 Å². The summed E-state index contributed by atoms with van der Waals surface area (Å²) in [6.45, 7) is 13.0. The fraction of sp³-hybridized carbons (Fsp3) is 1.00. The second-order valence-corrected chi connectivity index (χ2v) is 6.08. The molecule has 16 heavy (non-hydrogen) atoms. The van der Waals surface area contributed by atoms with Crippen LogP contribution in [0.2, 0.25) is 0 Å². The minimum absolute atomic E-state index is 0.548. The molecule has 2 unspecified atom stereocenters. The van der Waals surface area contributed by atoms with Crippen LogP contribution in [0.5, 0.6) is 0 Å². The number of nitrogens with one attached hydrogen (secondary N) is 1. The van der Waals surface area contributed by atoms with E-state index in [1.54, 1.807) is 0 Å². The minimum Gasteiger partial charge on any atom is -0.316 e. The van der Waals surface area contributed by atoms with E-state index in [4.69, 9.17) is 0 Å². The number of hydrogen-bond acceptors (Lipinski definition) is 2. The zero-order valence-corrected chi connectivity index (χ0v) is 11.8. The lowest BCUT2D eigenvalue weighted by atomic mass is 9.81. The van der Waals surface area contributed by atoms with Crippen molar-refractivity contribution in [2.45, 2.75) is 53.0 Å². The second kappa shape index (κ2) is 6.02. The van der Waals surface area contributed by atoms with E-state index in [1.807, 2.05) is 0 Å². The van der Waals surface area contributed by atoms with Crippen LogP contribution in [0.3, 0.4) is 0 Å². The topological polar surface area (TPSA) is 15.3 Å². The molecule has 1 heterocycles. The van der Waals surface area contributed by atoms with Gasteiger partial charge in [0.25, 0.3) is 0 Å². The van der Waals surface area contributed by atoms with Gasteiger partial charge in [0.15, 0.2) is 0 Å². The lowest BCUT2D eigenvalue weighted by Gasteiger charge is -2.37. The SMILES string of the molecule is CCCC1(CN(C)C(C)C(C)C)CCNC1. The molecular formula is C14H30N2. The third-order valence-corrected chi connectivity index (χ3v) is 4.36. The van der Waals surface area contributed by atoms with Gasteiger partial charge in [0, 0.05) is 19.1 Å². The van der Waals surface area contributed by atoms with E-state index >= 15 is 0 Å². The van der Waals surface area contributed by atoms with Gasteiger partial charge in [0.2, 0.25) is 0 Å². The highest BCUT2D eigenvalue weighted by Gasteiger charge is 2.34. The molecule has 0 radical (unpaired) electrons. The van der Waals surface area contributed by atoms with Gasteiger partial charge in [-0.1, -0.05) is 27.2 Å². The largest absolute Gasteiger partial charge is 0.316 e. The van der Waals surface area contributed by atoms with Crippen molar-refractivity contribution >= 4 is 0 Å². The second-order valence-electron chi connectivity index (χ2n) is 6.08. The van der Waals surface area contributed by atoms with E-state index in [9.17, 15) is 0 Å². The summed E-state index contributed by atoms with van der Waals surface area (Å²) < 4.78 is 0. The van der Waals surface area contributed by atoms with E-state index in [0.717, 1.165) is 5.92 Å². The molecule has 0 spiro atoms. The Balaban J connectivity index is 2.54. The van der Waals surface area contributed by atoms with Crippen LogP contribution >= 0.6 is 0 Å². The Bertz CT molecular complexity index is 195. The Morgan fingerprint density at radius 1 is 1.31 bits per heavy atom. The van der Waals surface area contributed by atoms with E-state index in [0.29, 0.717) is 11.5 Å². The molecule has 1 aliphatic rings. The van der Waals surface area contributed by atoms with Crippen molar-refractivity contribution in [1.82, 2.24) is 10.2 Å². The van der Waals surface area contributed by atoms with Gasteiger partial charge in [-0.15, -0.1) is 0 Å². The molecule has 2 nitrogen and oxygen atoms in total. The molecule has 0 aliphatic carbocycles. The van der Waals surface area contributed by atoms with Gasteiger partial charge in [-0.3, -0.25) is 0 Å². The molecule has 2 heteroatoms. The average molecular weight is 226 g/mol.